The van der Waals surface area contributed by atoms with Crippen LogP contribution in [0.4, 0.5) is 4.39 Å². The molecule has 2 unspecified atom stereocenters. The second-order valence-corrected chi connectivity index (χ2v) is 9.76. The number of fused-ring (bicyclic) bond motifs is 2. The smallest absolute Gasteiger partial charge is 0.240 e. The van der Waals surface area contributed by atoms with Crippen molar-refractivity contribution >= 4 is 10.0 Å². The van der Waals surface area contributed by atoms with Gasteiger partial charge in [-0.1, -0.05) is 12.1 Å². The molecule has 0 spiro atoms. The molecule has 2 atom stereocenters. The Kier molecular flexibility index (Phi) is 6.65. The van der Waals surface area contributed by atoms with Gasteiger partial charge in [0.05, 0.1) is 28.7 Å². The fraction of sp³-hybridized carbons (Fsp3) is 0.409. The van der Waals surface area contributed by atoms with E-state index < -0.39 is 15.8 Å². The first kappa shape index (κ1) is 21.9. The van der Waals surface area contributed by atoms with Gasteiger partial charge in [-0.25, -0.2) is 17.5 Å². The highest BCUT2D eigenvalue weighted by atomic mass is 32.2. The molecule has 0 aromatic heterocycles. The summed E-state index contributed by atoms with van der Waals surface area (Å²) >= 11 is 0. The van der Waals surface area contributed by atoms with Crippen molar-refractivity contribution in [1.82, 2.24) is 14.5 Å². The number of rotatable bonds is 7. The molecular formula is C22H25FN4O3S. The number of hydrogen-bond acceptors (Lipinski definition) is 6. The maximum absolute atomic E-state index is 13.0. The number of hydrogen-bond donors (Lipinski definition) is 1. The summed E-state index contributed by atoms with van der Waals surface area (Å²) in [5, 5.41) is 8.92. The lowest BCUT2D eigenvalue weighted by atomic mass is 10.1. The monoisotopic (exact) mass is 444 g/mol. The lowest BCUT2D eigenvalue weighted by Gasteiger charge is -2.46. The van der Waals surface area contributed by atoms with E-state index >= 15 is 0 Å². The van der Waals surface area contributed by atoms with E-state index in [0.29, 0.717) is 12.1 Å². The summed E-state index contributed by atoms with van der Waals surface area (Å²) in [5.41, 5.74) is 1.83. The summed E-state index contributed by atoms with van der Waals surface area (Å²) < 4.78 is 46.4. The highest BCUT2D eigenvalue weighted by Gasteiger charge is 2.34. The van der Waals surface area contributed by atoms with Gasteiger partial charge in [-0.15, -0.1) is 0 Å². The van der Waals surface area contributed by atoms with Crippen LogP contribution in [0.1, 0.15) is 11.1 Å². The van der Waals surface area contributed by atoms with Gasteiger partial charge in [-0.05, 0) is 42.0 Å². The minimum atomic E-state index is -3.65. The number of benzene rings is 2. The van der Waals surface area contributed by atoms with Crippen molar-refractivity contribution in [2.75, 3.05) is 39.3 Å². The zero-order chi connectivity index (χ0) is 21.8. The Morgan fingerprint density at radius 3 is 2.23 bits per heavy atom. The number of nitrogens with one attached hydrogen (secondary N) is 1. The predicted molar refractivity (Wildman–Crippen MR) is 113 cm³/mol. The zero-order valence-electron chi connectivity index (χ0n) is 17.1. The van der Waals surface area contributed by atoms with Crippen molar-refractivity contribution in [2.45, 2.75) is 23.6 Å². The van der Waals surface area contributed by atoms with E-state index in [2.05, 4.69) is 20.6 Å². The molecule has 2 aliphatic rings. The molecule has 2 heterocycles. The largest absolute Gasteiger partial charge is 0.370 e. The Bertz CT molecular complexity index is 1020. The van der Waals surface area contributed by atoms with Crippen LogP contribution in [0.2, 0.25) is 0 Å². The lowest BCUT2D eigenvalue weighted by molar-refractivity contribution is -0.139. The van der Waals surface area contributed by atoms with Crippen LogP contribution >= 0.6 is 0 Å². The van der Waals surface area contributed by atoms with Gasteiger partial charge in [-0.2, -0.15) is 5.26 Å². The second-order valence-electron chi connectivity index (χ2n) is 7.99. The van der Waals surface area contributed by atoms with Crippen molar-refractivity contribution in [3.63, 3.8) is 0 Å². The molecule has 2 saturated heterocycles. The molecule has 0 saturated carbocycles. The van der Waals surface area contributed by atoms with Gasteiger partial charge in [0.2, 0.25) is 10.0 Å². The lowest BCUT2D eigenvalue weighted by Crippen LogP contribution is -2.59. The van der Waals surface area contributed by atoms with Gasteiger partial charge in [0, 0.05) is 45.8 Å². The fourth-order valence-electron chi connectivity index (χ4n) is 4.15. The maximum atomic E-state index is 13.0. The summed E-state index contributed by atoms with van der Waals surface area (Å²) in [6.45, 7) is 4.82. The van der Waals surface area contributed by atoms with Crippen LogP contribution in [0.25, 0.3) is 0 Å². The first-order valence-corrected chi connectivity index (χ1v) is 11.7. The van der Waals surface area contributed by atoms with Gasteiger partial charge < -0.3 is 4.74 Å². The predicted octanol–water partition coefficient (Wildman–Crippen LogP) is 1.56. The number of nitriles is 1. The van der Waals surface area contributed by atoms with Gasteiger partial charge in [0.15, 0.2) is 0 Å². The molecule has 2 bridgehead atoms. The zero-order valence-corrected chi connectivity index (χ0v) is 17.9. The first-order chi connectivity index (χ1) is 14.9. The molecule has 2 aromatic carbocycles. The molecule has 4 rings (SSSR count). The maximum Gasteiger partial charge on any atom is 0.240 e. The number of ether oxygens (including phenoxy) is 1. The van der Waals surface area contributed by atoms with Crippen molar-refractivity contribution in [2.24, 2.45) is 0 Å². The normalized spacial score (nSPS) is 22.2. The SMILES string of the molecule is N#Cc1ccc(CN2CC3CN(CCNS(=O)(=O)c4ccc(F)cc4)CC(C2)O3)cc1. The van der Waals surface area contributed by atoms with E-state index in [1.54, 1.807) is 0 Å². The van der Waals surface area contributed by atoms with Gasteiger partial charge in [-0.3, -0.25) is 9.80 Å². The molecule has 1 N–H and O–H groups in total. The van der Waals surface area contributed by atoms with Crippen molar-refractivity contribution in [3.8, 4) is 6.07 Å². The molecule has 0 radical (unpaired) electrons. The Hall–Kier alpha value is -2.35. The van der Waals surface area contributed by atoms with Crippen LogP contribution in [-0.4, -0.2) is 69.7 Å². The molecule has 2 fully saturated rings. The van der Waals surface area contributed by atoms with Crippen LogP contribution in [0.5, 0.6) is 0 Å². The third-order valence-corrected chi connectivity index (χ3v) is 7.04. The van der Waals surface area contributed by atoms with Crippen molar-refractivity contribution in [1.29, 1.82) is 5.26 Å². The second kappa shape index (κ2) is 9.42. The molecule has 0 aliphatic carbocycles. The van der Waals surface area contributed by atoms with E-state index in [0.717, 1.165) is 44.9 Å². The molecule has 0 amide bonds. The Balaban J connectivity index is 1.25. The first-order valence-electron chi connectivity index (χ1n) is 10.3. The van der Waals surface area contributed by atoms with Crippen LogP contribution in [0.3, 0.4) is 0 Å². The summed E-state index contributed by atoms with van der Waals surface area (Å²) in [7, 11) is -3.65. The highest BCUT2D eigenvalue weighted by Crippen LogP contribution is 2.21. The van der Waals surface area contributed by atoms with Crippen molar-refractivity contribution in [3.05, 3.63) is 65.5 Å². The minimum absolute atomic E-state index is 0.0613. The van der Waals surface area contributed by atoms with E-state index in [1.165, 1.54) is 17.7 Å². The van der Waals surface area contributed by atoms with E-state index in [9.17, 15) is 12.8 Å². The summed E-state index contributed by atoms with van der Waals surface area (Å²) in [6.07, 6.45) is 0.166. The third kappa shape index (κ3) is 5.67. The number of halogens is 1. The van der Waals surface area contributed by atoms with E-state index in [4.69, 9.17) is 10.00 Å². The van der Waals surface area contributed by atoms with E-state index in [1.807, 2.05) is 24.3 Å². The number of morpholine rings is 2. The minimum Gasteiger partial charge on any atom is -0.370 e. The molecular weight excluding hydrogens is 419 g/mol. The fourth-order valence-corrected chi connectivity index (χ4v) is 5.17. The molecule has 2 aliphatic heterocycles. The number of sulfonamides is 1. The van der Waals surface area contributed by atoms with Crippen LogP contribution < -0.4 is 4.72 Å². The quantitative estimate of drug-likeness (QED) is 0.698. The average molecular weight is 445 g/mol. The van der Waals surface area contributed by atoms with Crippen molar-refractivity contribution < 1.29 is 17.5 Å². The van der Waals surface area contributed by atoms with Gasteiger partial charge >= 0.3 is 0 Å². The summed E-state index contributed by atoms with van der Waals surface area (Å²) in [4.78, 5) is 4.66. The standard InChI is InChI=1S/C22H25FN4O3S/c23-19-5-7-22(8-6-19)31(28,29)25-9-10-26-13-20-15-27(16-21(14-26)30-20)12-18-3-1-17(11-24)2-4-18/h1-8,20-21,25H,9-10,12-16H2. The van der Waals surface area contributed by atoms with Crippen LogP contribution in [0.15, 0.2) is 53.4 Å². The Labute approximate surface area is 182 Å². The van der Waals surface area contributed by atoms with E-state index in [-0.39, 0.29) is 23.6 Å². The summed E-state index contributed by atoms with van der Waals surface area (Å²) in [5.74, 6) is -0.466. The van der Waals surface area contributed by atoms with Crippen LogP contribution in [-0.2, 0) is 21.3 Å². The van der Waals surface area contributed by atoms with Gasteiger partial charge in [0.1, 0.15) is 5.82 Å². The highest BCUT2D eigenvalue weighted by molar-refractivity contribution is 7.89. The third-order valence-electron chi connectivity index (χ3n) is 5.57. The van der Waals surface area contributed by atoms with Gasteiger partial charge in [0.25, 0.3) is 0 Å². The average Bonchev–Trinajstić information content (AvgIpc) is 2.74. The van der Waals surface area contributed by atoms with Crippen LogP contribution in [0, 0.1) is 17.1 Å². The molecule has 2 aromatic rings. The molecule has 164 valence electrons. The number of nitrogens with zero attached hydrogens (tertiary/aromatic N) is 3. The topological polar surface area (TPSA) is 85.7 Å². The Morgan fingerprint density at radius 1 is 1.00 bits per heavy atom. The molecule has 31 heavy (non-hydrogen) atoms. The Morgan fingerprint density at radius 2 is 1.61 bits per heavy atom. The molecule has 7 nitrogen and oxygen atoms in total. The summed E-state index contributed by atoms with van der Waals surface area (Å²) in [6, 6.07) is 14.6. The molecule has 9 heteroatoms.